The first-order chi connectivity index (χ1) is 22.9. The summed E-state index contributed by atoms with van der Waals surface area (Å²) in [5, 5.41) is 24.7. The number of hydrogen-bond acceptors (Lipinski definition) is 10. The van der Waals surface area contributed by atoms with Gasteiger partial charge in [-0.2, -0.15) is 0 Å². The molecule has 48 heavy (non-hydrogen) atoms. The maximum Gasteiger partial charge on any atom is 0.519 e. The number of para-hydroxylation sites is 1. The molecule has 0 radical (unpaired) electrons. The Kier molecular flexibility index (Phi) is 9.36. The summed E-state index contributed by atoms with van der Waals surface area (Å²) in [6, 6.07) is 16.5. The van der Waals surface area contributed by atoms with Crippen LogP contribution in [0.2, 0.25) is 0 Å². The van der Waals surface area contributed by atoms with Crippen molar-refractivity contribution in [2.45, 2.75) is 26.7 Å². The second-order valence-corrected chi connectivity index (χ2v) is 10.4. The van der Waals surface area contributed by atoms with Gasteiger partial charge < -0.3 is 38.5 Å². The highest BCUT2D eigenvalue weighted by Gasteiger charge is 2.27. The van der Waals surface area contributed by atoms with Crippen molar-refractivity contribution < 1.29 is 47.1 Å². The molecule has 0 unspecified atom stereocenters. The first kappa shape index (κ1) is 32.7. The van der Waals surface area contributed by atoms with Crippen molar-refractivity contribution in [3.8, 4) is 0 Å². The van der Waals surface area contributed by atoms with Gasteiger partial charge in [0.05, 0.1) is 22.5 Å². The van der Waals surface area contributed by atoms with E-state index in [0.29, 0.717) is 11.1 Å². The highest BCUT2D eigenvalue weighted by molar-refractivity contribution is 6.29. The lowest BCUT2D eigenvalue weighted by atomic mass is 9.93. The van der Waals surface area contributed by atoms with Crippen LogP contribution in [0.1, 0.15) is 60.4 Å². The van der Waals surface area contributed by atoms with Crippen LogP contribution < -0.4 is 22.3 Å². The molecule has 5 aromatic rings. The first-order valence-electron chi connectivity index (χ1n) is 14.2. The molecule has 2 heterocycles. The lowest BCUT2D eigenvalue weighted by molar-refractivity contribution is -0.118. The Bertz CT molecular complexity index is 2200. The van der Waals surface area contributed by atoms with Crippen LogP contribution in [-0.2, 0) is 22.4 Å². The van der Waals surface area contributed by atoms with E-state index in [4.69, 9.17) is 17.7 Å². The van der Waals surface area contributed by atoms with E-state index < -0.39 is 41.0 Å². The number of benzene rings is 3. The minimum Gasteiger partial charge on any atom is -0.478 e. The van der Waals surface area contributed by atoms with Gasteiger partial charge in [-0.15, -0.1) is 0 Å². The Morgan fingerprint density at radius 3 is 1.81 bits per heavy atom. The van der Waals surface area contributed by atoms with E-state index in [2.05, 4.69) is 10.6 Å². The molecule has 2 aromatic heterocycles. The summed E-state index contributed by atoms with van der Waals surface area (Å²) in [7, 11) is 0. The highest BCUT2D eigenvalue weighted by atomic mass is 16.6. The molecule has 0 aliphatic rings. The van der Waals surface area contributed by atoms with E-state index in [0.717, 1.165) is 0 Å². The molecule has 0 aliphatic heterocycles. The van der Waals surface area contributed by atoms with Gasteiger partial charge in [-0.3, -0.25) is 9.59 Å². The molecule has 244 valence electrons. The maximum atomic E-state index is 14.0. The molecule has 5 rings (SSSR count). The van der Waals surface area contributed by atoms with Gasteiger partial charge in [0.15, 0.2) is 11.5 Å². The number of carboxylic acid groups (broad SMARTS) is 2. The third-order valence-corrected chi connectivity index (χ3v) is 7.24. The summed E-state index contributed by atoms with van der Waals surface area (Å²) < 4.78 is 20.3. The highest BCUT2D eigenvalue weighted by Crippen LogP contribution is 2.31. The first-order valence-corrected chi connectivity index (χ1v) is 14.2. The third kappa shape index (κ3) is 7.23. The van der Waals surface area contributed by atoms with Crippen LogP contribution in [0.5, 0.6) is 0 Å². The van der Waals surface area contributed by atoms with Crippen LogP contribution in [0.25, 0.3) is 6.08 Å². The zero-order valence-corrected chi connectivity index (χ0v) is 25.3. The van der Waals surface area contributed by atoms with Gasteiger partial charge in [-0.1, -0.05) is 48.5 Å². The second kappa shape index (κ2) is 13.7. The number of aryl methyl sites for hydroxylation is 2. The van der Waals surface area contributed by atoms with Gasteiger partial charge in [0.2, 0.25) is 0 Å². The molecule has 14 nitrogen and oxygen atoms in total. The lowest BCUT2D eigenvalue weighted by Crippen LogP contribution is -2.27. The predicted molar refractivity (Wildman–Crippen MR) is 168 cm³/mol. The number of carboxylic acids is 2. The molecule has 14 heteroatoms. The normalized spacial score (nSPS) is 11.2. The number of amides is 2. The molecule has 0 saturated heterocycles. The van der Waals surface area contributed by atoms with Crippen molar-refractivity contribution >= 4 is 41.2 Å². The van der Waals surface area contributed by atoms with Gasteiger partial charge in [0.1, 0.15) is 17.1 Å². The number of hydrogen-bond donors (Lipinski definition) is 4. The largest absolute Gasteiger partial charge is 0.519 e. The Balaban J connectivity index is 1.64. The molecule has 0 fully saturated rings. The van der Waals surface area contributed by atoms with Crippen LogP contribution >= 0.6 is 0 Å². The van der Waals surface area contributed by atoms with E-state index >= 15 is 0 Å². The quantitative estimate of drug-likeness (QED) is 0.0870. The zero-order valence-electron chi connectivity index (χ0n) is 25.3. The standard InChI is InChI=1S/C34H26N2O12/c1-17-26(47-33(43)45-17)15-20-12-13-22(32(41)42)28(23(20)16-27-18(2)46-34(44)48-27)36-30(38)24(14-19-8-4-3-5-9-19)29(37)35-25-11-7-6-10-21(25)31(39)40/h3-14H,15-16H2,1-2H3,(H,35,37)(H,36,38)(H,39,40)(H,41,42). The lowest BCUT2D eigenvalue weighted by Gasteiger charge is -2.18. The van der Waals surface area contributed by atoms with Gasteiger partial charge in [0.25, 0.3) is 11.8 Å². The summed E-state index contributed by atoms with van der Waals surface area (Å²) in [5.41, 5.74) is -0.546. The van der Waals surface area contributed by atoms with Crippen LogP contribution in [0.15, 0.2) is 99.6 Å². The van der Waals surface area contributed by atoms with E-state index in [1.54, 1.807) is 30.3 Å². The van der Waals surface area contributed by atoms with Crippen LogP contribution in [0.3, 0.4) is 0 Å². The summed E-state index contributed by atoms with van der Waals surface area (Å²) in [6.07, 6.45) is 0.886. The van der Waals surface area contributed by atoms with Gasteiger partial charge in [0, 0.05) is 12.8 Å². The number of carbonyl (C=O) groups excluding carboxylic acids is 2. The Hall–Kier alpha value is -6.70. The van der Waals surface area contributed by atoms with Crippen molar-refractivity contribution in [1.29, 1.82) is 0 Å². The van der Waals surface area contributed by atoms with E-state index in [1.165, 1.54) is 56.3 Å². The molecule has 4 N–H and O–H groups in total. The summed E-state index contributed by atoms with van der Waals surface area (Å²) in [6.45, 7) is 2.95. The number of aromatic carboxylic acids is 2. The van der Waals surface area contributed by atoms with Crippen molar-refractivity contribution in [3.05, 3.63) is 144 Å². The average Bonchev–Trinajstić information content (AvgIpc) is 3.54. The van der Waals surface area contributed by atoms with Crippen LogP contribution in [0, 0.1) is 13.8 Å². The topological polar surface area (TPSA) is 219 Å². The Morgan fingerprint density at radius 2 is 1.23 bits per heavy atom. The molecule has 2 amide bonds. The number of carbonyl (C=O) groups is 4. The van der Waals surface area contributed by atoms with Crippen LogP contribution in [0.4, 0.5) is 11.4 Å². The van der Waals surface area contributed by atoms with Gasteiger partial charge in [-0.25, -0.2) is 19.2 Å². The number of nitrogens with one attached hydrogen (secondary N) is 2. The fraction of sp³-hybridized carbons (Fsp3) is 0.118. The molecular formula is C34H26N2O12. The number of rotatable bonds is 11. The van der Waals surface area contributed by atoms with Gasteiger partial charge >= 0.3 is 23.6 Å². The molecule has 0 spiro atoms. The zero-order chi connectivity index (χ0) is 34.5. The predicted octanol–water partition coefficient (Wildman–Crippen LogP) is 4.63. The van der Waals surface area contributed by atoms with E-state index in [1.807, 2.05) is 0 Å². The van der Waals surface area contributed by atoms with Crippen molar-refractivity contribution in [2.75, 3.05) is 10.6 Å². The Morgan fingerprint density at radius 1 is 0.667 bits per heavy atom. The van der Waals surface area contributed by atoms with E-state index in [-0.39, 0.29) is 63.9 Å². The molecule has 0 bridgehead atoms. The van der Waals surface area contributed by atoms with Crippen molar-refractivity contribution in [1.82, 2.24) is 0 Å². The third-order valence-electron chi connectivity index (χ3n) is 7.24. The average molecular weight is 655 g/mol. The fourth-order valence-corrected chi connectivity index (χ4v) is 4.88. The van der Waals surface area contributed by atoms with Crippen LogP contribution in [-0.4, -0.2) is 34.0 Å². The van der Waals surface area contributed by atoms with Crippen molar-refractivity contribution in [3.63, 3.8) is 0 Å². The summed E-state index contributed by atoms with van der Waals surface area (Å²) in [5.74, 6) is -6.37. The maximum absolute atomic E-state index is 14.0. The fourth-order valence-electron chi connectivity index (χ4n) is 4.88. The summed E-state index contributed by atoms with van der Waals surface area (Å²) >= 11 is 0. The summed E-state index contributed by atoms with van der Waals surface area (Å²) in [4.78, 5) is 75.5. The monoisotopic (exact) mass is 654 g/mol. The minimum absolute atomic E-state index is 0.0210. The van der Waals surface area contributed by atoms with E-state index in [9.17, 15) is 39.0 Å². The SMILES string of the molecule is Cc1oc(=O)oc1Cc1ccc(C(=O)O)c(NC(=O)C(=Cc2ccccc2)C(=O)Nc2ccccc2C(=O)O)c1Cc1oc(=O)oc1C. The molecular weight excluding hydrogens is 628 g/mol. The minimum atomic E-state index is -1.44. The van der Waals surface area contributed by atoms with Gasteiger partial charge in [-0.05, 0) is 54.8 Å². The second-order valence-electron chi connectivity index (χ2n) is 10.4. The number of anilines is 2. The molecule has 0 saturated carbocycles. The molecule has 0 atom stereocenters. The van der Waals surface area contributed by atoms with Crippen molar-refractivity contribution in [2.24, 2.45) is 0 Å². The smallest absolute Gasteiger partial charge is 0.478 e. The Labute approximate surface area is 269 Å². The molecule has 3 aromatic carbocycles. The molecule has 0 aliphatic carbocycles.